The van der Waals surface area contributed by atoms with Crippen LogP contribution in [0.5, 0.6) is 0 Å². The van der Waals surface area contributed by atoms with E-state index in [0.29, 0.717) is 6.42 Å². The number of hydrogen-bond acceptors (Lipinski definition) is 4. The van der Waals surface area contributed by atoms with Gasteiger partial charge in [0.1, 0.15) is 11.7 Å². The quantitative estimate of drug-likeness (QED) is 0.184. The van der Waals surface area contributed by atoms with Crippen molar-refractivity contribution in [2.24, 2.45) is 0 Å². The first-order valence-electron chi connectivity index (χ1n) is 10.3. The lowest BCUT2D eigenvalue weighted by molar-refractivity contribution is -0.118. The molecule has 0 aliphatic rings. The Labute approximate surface area is 160 Å². The van der Waals surface area contributed by atoms with Crippen molar-refractivity contribution in [3.05, 3.63) is 12.2 Å². The van der Waals surface area contributed by atoms with Gasteiger partial charge in [0.25, 0.3) is 10.1 Å². The van der Waals surface area contributed by atoms with Crippen LogP contribution in [0.3, 0.4) is 0 Å². The highest BCUT2D eigenvalue weighted by atomic mass is 32.2. The number of carbonyl (C=O) groups excluding carboxylic acids is 1. The smallest absolute Gasteiger partial charge is 0.278 e. The van der Waals surface area contributed by atoms with Gasteiger partial charge in [0.05, 0.1) is 6.54 Å². The van der Waals surface area contributed by atoms with Crippen molar-refractivity contribution in [2.45, 2.75) is 96.8 Å². The Balaban J connectivity index is 3.28. The van der Waals surface area contributed by atoms with Gasteiger partial charge in [-0.05, 0) is 32.1 Å². The van der Waals surface area contributed by atoms with E-state index in [4.69, 9.17) is 4.55 Å². The van der Waals surface area contributed by atoms with Gasteiger partial charge in [0.2, 0.25) is 0 Å². The standard InChI is InChI=1S/C20H39NO4S/c1-2-3-4-5-6-7-8-9-10-11-12-13-14-15-16-17-20(22)18-21-19-26(23,24)25/h9-10,21H,2-8,11-19H2,1H3,(H,23,24,25)/b10-9-. The molecule has 0 aromatic carbocycles. The summed E-state index contributed by atoms with van der Waals surface area (Å²) in [4.78, 5) is 11.5. The second-order valence-corrected chi connectivity index (χ2v) is 8.48. The fourth-order valence-corrected chi connectivity index (χ4v) is 3.16. The molecule has 5 nitrogen and oxygen atoms in total. The van der Waals surface area contributed by atoms with Crippen LogP contribution in [0.15, 0.2) is 12.2 Å². The van der Waals surface area contributed by atoms with Crippen LogP contribution in [0.4, 0.5) is 0 Å². The van der Waals surface area contributed by atoms with Crippen molar-refractivity contribution in [3.8, 4) is 0 Å². The zero-order valence-corrected chi connectivity index (χ0v) is 17.4. The molecule has 26 heavy (non-hydrogen) atoms. The van der Waals surface area contributed by atoms with Gasteiger partial charge in [-0.1, -0.05) is 70.4 Å². The highest BCUT2D eigenvalue weighted by Gasteiger charge is 2.06. The summed E-state index contributed by atoms with van der Waals surface area (Å²) in [5.74, 6) is -0.572. The van der Waals surface area contributed by atoms with Crippen molar-refractivity contribution in [1.29, 1.82) is 0 Å². The van der Waals surface area contributed by atoms with E-state index in [1.165, 1.54) is 57.8 Å². The van der Waals surface area contributed by atoms with Crippen LogP contribution in [-0.4, -0.2) is 31.2 Å². The highest BCUT2D eigenvalue weighted by molar-refractivity contribution is 7.85. The molecule has 0 radical (unpaired) electrons. The summed E-state index contributed by atoms with van der Waals surface area (Å²) in [6.45, 7) is 2.25. The summed E-state index contributed by atoms with van der Waals surface area (Å²) in [6, 6.07) is 0. The number of ketones is 1. The number of rotatable bonds is 19. The summed E-state index contributed by atoms with van der Waals surface area (Å²) in [5, 5.41) is 2.43. The van der Waals surface area contributed by atoms with Crippen molar-refractivity contribution in [2.75, 3.05) is 12.4 Å². The Morgan fingerprint density at radius 3 is 1.88 bits per heavy atom. The first-order valence-corrected chi connectivity index (χ1v) is 11.9. The normalized spacial score (nSPS) is 12.1. The lowest BCUT2D eigenvalue weighted by Gasteiger charge is -2.03. The van der Waals surface area contributed by atoms with E-state index < -0.39 is 16.0 Å². The van der Waals surface area contributed by atoms with E-state index in [2.05, 4.69) is 24.4 Å². The van der Waals surface area contributed by atoms with E-state index in [0.717, 1.165) is 25.7 Å². The molecule has 0 fully saturated rings. The Kier molecular flexibility index (Phi) is 17.2. The zero-order chi connectivity index (χ0) is 19.5. The molecule has 0 unspecified atom stereocenters. The molecule has 0 aliphatic carbocycles. The molecule has 0 aromatic heterocycles. The predicted molar refractivity (Wildman–Crippen MR) is 109 cm³/mol. The van der Waals surface area contributed by atoms with E-state index >= 15 is 0 Å². The Morgan fingerprint density at radius 1 is 0.846 bits per heavy atom. The van der Waals surface area contributed by atoms with Crippen LogP contribution in [0, 0.1) is 0 Å². The minimum Gasteiger partial charge on any atom is -0.298 e. The van der Waals surface area contributed by atoms with Gasteiger partial charge in [-0.2, -0.15) is 8.42 Å². The van der Waals surface area contributed by atoms with Gasteiger partial charge in [-0.15, -0.1) is 0 Å². The van der Waals surface area contributed by atoms with Crippen molar-refractivity contribution >= 4 is 15.9 Å². The van der Waals surface area contributed by atoms with Crippen LogP contribution >= 0.6 is 0 Å². The van der Waals surface area contributed by atoms with Crippen LogP contribution in [0.25, 0.3) is 0 Å². The van der Waals surface area contributed by atoms with Gasteiger partial charge in [0.15, 0.2) is 0 Å². The summed E-state index contributed by atoms with van der Waals surface area (Å²) in [6.07, 6.45) is 21.0. The monoisotopic (exact) mass is 389 g/mol. The van der Waals surface area contributed by atoms with Crippen molar-refractivity contribution in [3.63, 3.8) is 0 Å². The largest absolute Gasteiger partial charge is 0.298 e. The molecule has 0 spiro atoms. The minimum absolute atomic E-state index is 0.00316. The first kappa shape index (κ1) is 25.3. The molecule has 0 heterocycles. The lowest BCUT2D eigenvalue weighted by atomic mass is 10.1. The van der Waals surface area contributed by atoms with Crippen molar-refractivity contribution in [1.82, 2.24) is 5.32 Å². The molecule has 0 amide bonds. The Hall–Kier alpha value is -0.720. The Bertz CT molecular complexity index is 460. The van der Waals surface area contributed by atoms with Gasteiger partial charge < -0.3 is 0 Å². The summed E-state index contributed by atoms with van der Waals surface area (Å²) in [7, 11) is -4.04. The highest BCUT2D eigenvalue weighted by Crippen LogP contribution is 2.10. The van der Waals surface area contributed by atoms with E-state index in [-0.39, 0.29) is 12.3 Å². The van der Waals surface area contributed by atoms with Crippen LogP contribution in [-0.2, 0) is 14.9 Å². The lowest BCUT2D eigenvalue weighted by Crippen LogP contribution is -2.28. The van der Waals surface area contributed by atoms with E-state index in [9.17, 15) is 13.2 Å². The molecule has 6 heteroatoms. The molecule has 0 atom stereocenters. The molecule has 0 aromatic rings. The average Bonchev–Trinajstić information content (AvgIpc) is 2.57. The SMILES string of the molecule is CCCCCCCC/C=C\CCCCCCCC(=O)CNCS(=O)(=O)O. The number of Topliss-reactive ketones (excluding diaryl/α,β-unsaturated/α-hetero) is 1. The van der Waals surface area contributed by atoms with Gasteiger partial charge >= 0.3 is 0 Å². The van der Waals surface area contributed by atoms with Crippen LogP contribution in [0.1, 0.15) is 96.8 Å². The van der Waals surface area contributed by atoms with Crippen LogP contribution < -0.4 is 5.32 Å². The number of unbranched alkanes of at least 4 members (excludes halogenated alkanes) is 11. The molecule has 0 bridgehead atoms. The molecule has 0 saturated heterocycles. The Morgan fingerprint density at radius 2 is 1.35 bits per heavy atom. The topological polar surface area (TPSA) is 83.5 Å². The van der Waals surface area contributed by atoms with E-state index in [1.807, 2.05) is 0 Å². The maximum absolute atomic E-state index is 11.5. The molecule has 2 N–H and O–H groups in total. The van der Waals surface area contributed by atoms with Gasteiger partial charge in [-0.3, -0.25) is 14.7 Å². The summed E-state index contributed by atoms with van der Waals surface area (Å²) < 4.78 is 29.5. The maximum atomic E-state index is 11.5. The number of allylic oxidation sites excluding steroid dienone is 2. The first-order chi connectivity index (χ1) is 12.5. The third-order valence-corrected chi connectivity index (χ3v) is 4.89. The van der Waals surface area contributed by atoms with Crippen molar-refractivity contribution < 1.29 is 17.8 Å². The fraction of sp³-hybridized carbons (Fsp3) is 0.850. The number of carbonyl (C=O) groups is 1. The molecule has 154 valence electrons. The molecular weight excluding hydrogens is 350 g/mol. The zero-order valence-electron chi connectivity index (χ0n) is 16.5. The second-order valence-electron chi connectivity index (χ2n) is 7.03. The molecule has 0 rings (SSSR count). The fourth-order valence-electron chi connectivity index (χ4n) is 2.80. The third-order valence-electron chi connectivity index (χ3n) is 4.32. The summed E-state index contributed by atoms with van der Waals surface area (Å²) >= 11 is 0. The third kappa shape index (κ3) is 21.3. The van der Waals surface area contributed by atoms with Gasteiger partial charge in [-0.25, -0.2) is 0 Å². The van der Waals surface area contributed by atoms with Crippen LogP contribution in [0.2, 0.25) is 0 Å². The van der Waals surface area contributed by atoms with E-state index in [1.54, 1.807) is 0 Å². The summed E-state index contributed by atoms with van der Waals surface area (Å²) in [5.41, 5.74) is 0. The molecule has 0 aliphatic heterocycles. The maximum Gasteiger partial charge on any atom is 0.278 e. The minimum atomic E-state index is -4.04. The van der Waals surface area contributed by atoms with Gasteiger partial charge in [0, 0.05) is 6.42 Å². The molecule has 0 saturated carbocycles. The average molecular weight is 390 g/mol. The molecular formula is C20H39NO4S. The number of hydrogen-bond donors (Lipinski definition) is 2. The number of nitrogens with one attached hydrogen (secondary N) is 1. The predicted octanol–water partition coefficient (Wildman–Crippen LogP) is 5.03. The second kappa shape index (κ2) is 17.7.